The number of aryl methyl sites for hydroxylation is 2. The van der Waals surface area contributed by atoms with Crippen LogP contribution < -0.4 is 14.8 Å². The number of amides is 1. The Kier molecular flexibility index (Phi) is 8.06. The van der Waals surface area contributed by atoms with Crippen LogP contribution in [0.1, 0.15) is 23.6 Å². The molecule has 0 atom stereocenters. The first-order valence-corrected chi connectivity index (χ1v) is 11.1. The molecule has 0 aliphatic carbocycles. The Morgan fingerprint density at radius 1 is 1.03 bits per heavy atom. The lowest BCUT2D eigenvalue weighted by Gasteiger charge is -2.14. The summed E-state index contributed by atoms with van der Waals surface area (Å²) in [5.74, 6) is 0.905. The van der Waals surface area contributed by atoms with Crippen LogP contribution in [0, 0.1) is 17.4 Å². The number of carbonyl (C=O) groups excluding carboxylic acids is 1. The van der Waals surface area contributed by atoms with E-state index in [0.29, 0.717) is 18.1 Å². The van der Waals surface area contributed by atoms with Crippen LogP contribution in [0.15, 0.2) is 65.7 Å². The SMILES string of the molecule is CCOc1cc(C=Nc2ccc(C)c(C)c2)cc(I)c1OCC(=O)Nc1ccccc1. The second-order valence-corrected chi connectivity index (χ2v) is 8.15. The summed E-state index contributed by atoms with van der Waals surface area (Å²) < 4.78 is 12.4. The monoisotopic (exact) mass is 528 g/mol. The third-order valence-electron chi connectivity index (χ3n) is 4.59. The first-order valence-electron chi connectivity index (χ1n) is 10.0. The van der Waals surface area contributed by atoms with Crippen molar-refractivity contribution < 1.29 is 14.3 Å². The van der Waals surface area contributed by atoms with Crippen molar-refractivity contribution in [2.24, 2.45) is 4.99 Å². The van der Waals surface area contributed by atoms with Crippen molar-refractivity contribution in [1.29, 1.82) is 0 Å². The lowest BCUT2D eigenvalue weighted by atomic mass is 10.1. The van der Waals surface area contributed by atoms with Crippen molar-refractivity contribution in [2.45, 2.75) is 20.8 Å². The van der Waals surface area contributed by atoms with E-state index in [2.05, 4.69) is 58.9 Å². The maximum absolute atomic E-state index is 12.2. The van der Waals surface area contributed by atoms with Gasteiger partial charge in [-0.25, -0.2) is 0 Å². The molecule has 3 aromatic carbocycles. The van der Waals surface area contributed by atoms with E-state index < -0.39 is 0 Å². The molecule has 1 amide bonds. The van der Waals surface area contributed by atoms with E-state index in [-0.39, 0.29) is 12.5 Å². The topological polar surface area (TPSA) is 59.9 Å². The third kappa shape index (κ3) is 6.55. The van der Waals surface area contributed by atoms with Gasteiger partial charge in [-0.2, -0.15) is 0 Å². The second-order valence-electron chi connectivity index (χ2n) is 6.99. The summed E-state index contributed by atoms with van der Waals surface area (Å²) in [7, 11) is 0. The van der Waals surface area contributed by atoms with Crippen molar-refractivity contribution in [3.8, 4) is 11.5 Å². The van der Waals surface area contributed by atoms with Gasteiger partial charge in [-0.05, 0) is 96.5 Å². The largest absolute Gasteiger partial charge is 0.490 e. The smallest absolute Gasteiger partial charge is 0.262 e. The average molecular weight is 528 g/mol. The summed E-state index contributed by atoms with van der Waals surface area (Å²) in [5.41, 5.74) is 4.97. The zero-order chi connectivity index (χ0) is 22.2. The zero-order valence-electron chi connectivity index (χ0n) is 17.8. The number of carbonyl (C=O) groups is 1. The maximum atomic E-state index is 12.2. The van der Waals surface area contributed by atoms with Gasteiger partial charge in [-0.15, -0.1) is 0 Å². The maximum Gasteiger partial charge on any atom is 0.262 e. The number of rotatable bonds is 8. The lowest BCUT2D eigenvalue weighted by Crippen LogP contribution is -2.20. The van der Waals surface area contributed by atoms with Crippen molar-refractivity contribution in [3.63, 3.8) is 0 Å². The van der Waals surface area contributed by atoms with Crippen molar-refractivity contribution in [2.75, 3.05) is 18.5 Å². The highest BCUT2D eigenvalue weighted by molar-refractivity contribution is 14.1. The molecule has 31 heavy (non-hydrogen) atoms. The third-order valence-corrected chi connectivity index (χ3v) is 5.39. The number of aliphatic imine (C=N–C) groups is 1. The predicted octanol–water partition coefficient (Wildman–Crippen LogP) is 6.07. The Bertz CT molecular complexity index is 1080. The number of hydrogen-bond donors (Lipinski definition) is 1. The van der Waals surface area contributed by atoms with Crippen LogP contribution in [0.2, 0.25) is 0 Å². The lowest BCUT2D eigenvalue weighted by molar-refractivity contribution is -0.118. The Balaban J connectivity index is 1.74. The van der Waals surface area contributed by atoms with Crippen LogP contribution in [-0.2, 0) is 4.79 Å². The van der Waals surface area contributed by atoms with Gasteiger partial charge in [0.1, 0.15) is 0 Å². The van der Waals surface area contributed by atoms with E-state index in [1.807, 2.05) is 55.5 Å². The molecule has 0 bridgehead atoms. The molecule has 0 heterocycles. The van der Waals surface area contributed by atoms with E-state index in [0.717, 1.165) is 20.5 Å². The van der Waals surface area contributed by atoms with Gasteiger partial charge in [-0.1, -0.05) is 24.3 Å². The molecule has 0 aliphatic rings. The van der Waals surface area contributed by atoms with Gasteiger partial charge in [0.2, 0.25) is 0 Å². The summed E-state index contributed by atoms with van der Waals surface area (Å²) >= 11 is 2.19. The minimum atomic E-state index is -0.232. The molecule has 0 radical (unpaired) electrons. The number of nitrogens with one attached hydrogen (secondary N) is 1. The Morgan fingerprint density at radius 2 is 1.81 bits per heavy atom. The van der Waals surface area contributed by atoms with E-state index in [4.69, 9.17) is 9.47 Å². The van der Waals surface area contributed by atoms with Gasteiger partial charge < -0.3 is 14.8 Å². The van der Waals surface area contributed by atoms with E-state index in [9.17, 15) is 4.79 Å². The standard InChI is InChI=1S/C25H25IN2O3/c1-4-30-23-14-19(15-27-21-11-10-17(2)18(3)12-21)13-22(26)25(23)31-16-24(29)28-20-8-6-5-7-9-20/h5-15H,4,16H2,1-3H3,(H,28,29). The summed E-state index contributed by atoms with van der Waals surface area (Å²) in [5, 5.41) is 2.81. The number of nitrogens with zero attached hydrogens (tertiary/aromatic N) is 1. The number of para-hydroxylation sites is 1. The van der Waals surface area contributed by atoms with E-state index >= 15 is 0 Å². The van der Waals surface area contributed by atoms with E-state index in [1.165, 1.54) is 11.1 Å². The molecule has 0 fully saturated rings. The normalized spacial score (nSPS) is 10.8. The molecule has 160 valence electrons. The fourth-order valence-electron chi connectivity index (χ4n) is 2.88. The predicted molar refractivity (Wildman–Crippen MR) is 134 cm³/mol. The summed E-state index contributed by atoms with van der Waals surface area (Å²) in [6.45, 7) is 6.44. The van der Waals surface area contributed by atoms with Crippen LogP contribution >= 0.6 is 22.6 Å². The van der Waals surface area contributed by atoms with Gasteiger partial charge in [0, 0.05) is 11.9 Å². The Hall–Kier alpha value is -2.87. The molecule has 0 saturated heterocycles. The van der Waals surface area contributed by atoms with Crippen LogP contribution in [0.25, 0.3) is 0 Å². The highest BCUT2D eigenvalue weighted by atomic mass is 127. The summed E-state index contributed by atoms with van der Waals surface area (Å²) in [4.78, 5) is 16.8. The molecule has 0 aromatic heterocycles. The molecule has 5 nitrogen and oxygen atoms in total. The molecule has 0 spiro atoms. The Labute approximate surface area is 196 Å². The van der Waals surface area contributed by atoms with Crippen molar-refractivity contribution in [1.82, 2.24) is 0 Å². The first-order chi connectivity index (χ1) is 15.0. The molecular weight excluding hydrogens is 503 g/mol. The van der Waals surface area contributed by atoms with Crippen molar-refractivity contribution >= 4 is 46.1 Å². The number of halogens is 1. The number of hydrogen-bond acceptors (Lipinski definition) is 4. The molecular formula is C25H25IN2O3. The second kappa shape index (κ2) is 10.9. The average Bonchev–Trinajstić information content (AvgIpc) is 2.75. The molecule has 1 N–H and O–H groups in total. The summed E-state index contributed by atoms with van der Waals surface area (Å²) in [6.07, 6.45) is 1.81. The van der Waals surface area contributed by atoms with Gasteiger partial charge in [0.15, 0.2) is 18.1 Å². The van der Waals surface area contributed by atoms with Crippen molar-refractivity contribution in [3.05, 3.63) is 80.9 Å². The molecule has 0 unspecified atom stereocenters. The highest BCUT2D eigenvalue weighted by Gasteiger charge is 2.14. The van der Waals surface area contributed by atoms with E-state index in [1.54, 1.807) is 6.21 Å². The number of benzene rings is 3. The minimum Gasteiger partial charge on any atom is -0.490 e. The number of anilines is 1. The summed E-state index contributed by atoms with van der Waals surface area (Å²) in [6, 6.07) is 19.2. The van der Waals surface area contributed by atoms with Crippen LogP contribution in [-0.4, -0.2) is 25.3 Å². The van der Waals surface area contributed by atoms with Crippen LogP contribution in [0.5, 0.6) is 11.5 Å². The molecule has 3 rings (SSSR count). The fraction of sp³-hybridized carbons (Fsp3) is 0.200. The number of ether oxygens (including phenoxy) is 2. The Morgan fingerprint density at radius 3 is 2.52 bits per heavy atom. The highest BCUT2D eigenvalue weighted by Crippen LogP contribution is 2.34. The zero-order valence-corrected chi connectivity index (χ0v) is 20.0. The molecule has 0 saturated carbocycles. The molecule has 3 aromatic rings. The van der Waals surface area contributed by atoms with Gasteiger partial charge in [0.25, 0.3) is 5.91 Å². The van der Waals surface area contributed by atoms with Crippen LogP contribution in [0.4, 0.5) is 11.4 Å². The van der Waals surface area contributed by atoms with Crippen LogP contribution in [0.3, 0.4) is 0 Å². The minimum absolute atomic E-state index is 0.110. The van der Waals surface area contributed by atoms with Gasteiger partial charge in [-0.3, -0.25) is 9.79 Å². The van der Waals surface area contributed by atoms with Gasteiger partial charge >= 0.3 is 0 Å². The van der Waals surface area contributed by atoms with Gasteiger partial charge in [0.05, 0.1) is 15.9 Å². The molecule has 0 aliphatic heterocycles. The fourth-order valence-corrected chi connectivity index (χ4v) is 3.66. The quantitative estimate of drug-likeness (QED) is 0.285. The molecule has 6 heteroatoms. The first kappa shape index (κ1) is 22.8.